The number of rotatable bonds is 8. The number of ether oxygens (including phenoxy) is 1. The normalized spacial score (nSPS) is 14.0. The van der Waals surface area contributed by atoms with Crippen LogP contribution in [-0.4, -0.2) is 85.5 Å². The summed E-state index contributed by atoms with van der Waals surface area (Å²) in [4.78, 5) is 46.5. The van der Waals surface area contributed by atoms with Gasteiger partial charge in [-0.3, -0.25) is 14.5 Å². The van der Waals surface area contributed by atoms with Crippen LogP contribution in [0.4, 0.5) is 11.5 Å². The number of hydrogen-bond acceptors (Lipinski definition) is 7. The van der Waals surface area contributed by atoms with E-state index in [-0.39, 0.29) is 30.9 Å². The van der Waals surface area contributed by atoms with Gasteiger partial charge in [-0.25, -0.2) is 9.78 Å². The number of carbonyl (C=O) groups is 3. The van der Waals surface area contributed by atoms with Crippen molar-refractivity contribution in [1.82, 2.24) is 14.8 Å². The molecule has 0 unspecified atom stereocenters. The zero-order chi connectivity index (χ0) is 23.8. The summed E-state index contributed by atoms with van der Waals surface area (Å²) in [6.07, 6.45) is 1.52. The molecule has 1 aromatic carbocycles. The van der Waals surface area contributed by atoms with E-state index < -0.39 is 0 Å². The second-order valence-electron chi connectivity index (χ2n) is 7.67. The number of benzene rings is 1. The molecule has 0 saturated carbocycles. The van der Waals surface area contributed by atoms with E-state index in [4.69, 9.17) is 16.3 Å². The molecule has 176 valence electrons. The van der Waals surface area contributed by atoms with Crippen molar-refractivity contribution in [3.05, 3.63) is 53.2 Å². The van der Waals surface area contributed by atoms with Gasteiger partial charge < -0.3 is 19.9 Å². The first-order valence-corrected chi connectivity index (χ1v) is 11.1. The van der Waals surface area contributed by atoms with E-state index in [0.717, 1.165) is 5.82 Å². The second-order valence-corrected chi connectivity index (χ2v) is 8.07. The maximum absolute atomic E-state index is 12.6. The highest BCUT2D eigenvalue weighted by atomic mass is 35.5. The lowest BCUT2D eigenvalue weighted by Gasteiger charge is -2.35. The SMILES string of the molecule is CCOC(=O)c1ccc(N2CCN(CC(=O)N(C)CC(=O)Nc3ccccc3Cl)CC2)nc1. The van der Waals surface area contributed by atoms with Crippen molar-refractivity contribution in [3.8, 4) is 0 Å². The first-order chi connectivity index (χ1) is 15.9. The summed E-state index contributed by atoms with van der Waals surface area (Å²) in [6.45, 7) is 5.05. The molecule has 1 fully saturated rings. The molecule has 1 saturated heterocycles. The first kappa shape index (κ1) is 24.5. The van der Waals surface area contributed by atoms with Crippen molar-refractivity contribution in [2.45, 2.75) is 6.92 Å². The first-order valence-electron chi connectivity index (χ1n) is 10.8. The van der Waals surface area contributed by atoms with Gasteiger partial charge in [0.25, 0.3) is 0 Å². The van der Waals surface area contributed by atoms with E-state index >= 15 is 0 Å². The molecule has 0 spiro atoms. The van der Waals surface area contributed by atoms with Gasteiger partial charge in [-0.05, 0) is 31.2 Å². The number of hydrogen-bond donors (Lipinski definition) is 1. The molecule has 0 aliphatic carbocycles. The van der Waals surface area contributed by atoms with Crippen LogP contribution in [-0.2, 0) is 14.3 Å². The average molecular weight is 474 g/mol. The van der Waals surface area contributed by atoms with Crippen LogP contribution in [0.15, 0.2) is 42.6 Å². The van der Waals surface area contributed by atoms with E-state index in [1.165, 1.54) is 11.1 Å². The Morgan fingerprint density at radius 1 is 1.12 bits per heavy atom. The van der Waals surface area contributed by atoms with Crippen LogP contribution in [0.2, 0.25) is 5.02 Å². The Morgan fingerprint density at radius 3 is 2.48 bits per heavy atom. The van der Waals surface area contributed by atoms with Crippen LogP contribution in [0.5, 0.6) is 0 Å². The van der Waals surface area contributed by atoms with E-state index in [1.54, 1.807) is 50.4 Å². The Hall–Kier alpha value is -3.17. The van der Waals surface area contributed by atoms with E-state index in [9.17, 15) is 14.4 Å². The fourth-order valence-electron chi connectivity index (χ4n) is 3.41. The number of esters is 1. The third-order valence-corrected chi connectivity index (χ3v) is 5.60. The van der Waals surface area contributed by atoms with Crippen LogP contribution in [0.1, 0.15) is 17.3 Å². The van der Waals surface area contributed by atoms with Gasteiger partial charge in [0.05, 0.1) is 36.0 Å². The third-order valence-electron chi connectivity index (χ3n) is 5.27. The predicted octanol–water partition coefficient (Wildman–Crippen LogP) is 2.13. The summed E-state index contributed by atoms with van der Waals surface area (Å²) in [5, 5.41) is 3.17. The fraction of sp³-hybridized carbons (Fsp3) is 0.391. The fourth-order valence-corrected chi connectivity index (χ4v) is 3.59. The van der Waals surface area contributed by atoms with Crippen LogP contribution in [0.25, 0.3) is 0 Å². The van der Waals surface area contributed by atoms with Gasteiger partial charge >= 0.3 is 5.97 Å². The van der Waals surface area contributed by atoms with E-state index in [0.29, 0.717) is 49.1 Å². The number of para-hydroxylation sites is 1. The second kappa shape index (κ2) is 11.6. The Bertz CT molecular complexity index is 977. The van der Waals surface area contributed by atoms with Gasteiger partial charge in [0.1, 0.15) is 5.82 Å². The van der Waals surface area contributed by atoms with Crippen LogP contribution in [0.3, 0.4) is 0 Å². The number of anilines is 2. The number of halogens is 1. The molecule has 1 aliphatic heterocycles. The highest BCUT2D eigenvalue weighted by molar-refractivity contribution is 6.33. The van der Waals surface area contributed by atoms with Gasteiger partial charge in [0.2, 0.25) is 11.8 Å². The maximum Gasteiger partial charge on any atom is 0.339 e. The average Bonchev–Trinajstić information content (AvgIpc) is 2.81. The highest BCUT2D eigenvalue weighted by Crippen LogP contribution is 2.20. The zero-order valence-electron chi connectivity index (χ0n) is 18.8. The van der Waals surface area contributed by atoms with Crippen LogP contribution in [0, 0.1) is 0 Å². The molecule has 0 radical (unpaired) electrons. The highest BCUT2D eigenvalue weighted by Gasteiger charge is 2.22. The summed E-state index contributed by atoms with van der Waals surface area (Å²) in [5.41, 5.74) is 0.941. The lowest BCUT2D eigenvalue weighted by molar-refractivity contribution is -0.134. The molecule has 0 bridgehead atoms. The summed E-state index contributed by atoms with van der Waals surface area (Å²) < 4.78 is 4.98. The number of pyridine rings is 1. The minimum Gasteiger partial charge on any atom is -0.462 e. The van der Waals surface area contributed by atoms with Gasteiger partial charge in [-0.15, -0.1) is 0 Å². The minimum absolute atomic E-state index is 0.0548. The topological polar surface area (TPSA) is 95.1 Å². The Labute approximate surface area is 198 Å². The summed E-state index contributed by atoms with van der Waals surface area (Å²) in [6, 6.07) is 10.5. The molecule has 9 nitrogen and oxygen atoms in total. The maximum atomic E-state index is 12.6. The lowest BCUT2D eigenvalue weighted by Crippen LogP contribution is -2.50. The predicted molar refractivity (Wildman–Crippen MR) is 127 cm³/mol. The van der Waals surface area contributed by atoms with Crippen molar-refractivity contribution in [1.29, 1.82) is 0 Å². The van der Waals surface area contributed by atoms with Gasteiger partial charge in [-0.2, -0.15) is 0 Å². The lowest BCUT2D eigenvalue weighted by atomic mass is 10.2. The summed E-state index contributed by atoms with van der Waals surface area (Å²) >= 11 is 6.06. The van der Waals surface area contributed by atoms with Gasteiger partial charge in [0, 0.05) is 39.4 Å². The number of aromatic nitrogens is 1. The molecular weight excluding hydrogens is 446 g/mol. The molecule has 2 amide bonds. The summed E-state index contributed by atoms with van der Waals surface area (Å²) in [5.74, 6) is -0.0391. The van der Waals surface area contributed by atoms with Crippen molar-refractivity contribution in [2.24, 2.45) is 0 Å². The molecule has 2 aromatic rings. The molecule has 33 heavy (non-hydrogen) atoms. The van der Waals surface area contributed by atoms with Crippen molar-refractivity contribution < 1.29 is 19.1 Å². The molecule has 1 aromatic heterocycles. The summed E-state index contributed by atoms with van der Waals surface area (Å²) in [7, 11) is 1.61. The van der Waals surface area contributed by atoms with Crippen molar-refractivity contribution in [3.63, 3.8) is 0 Å². The molecule has 1 N–H and O–H groups in total. The molecule has 0 atom stereocenters. The van der Waals surface area contributed by atoms with Crippen molar-refractivity contribution in [2.75, 3.05) is 63.1 Å². The smallest absolute Gasteiger partial charge is 0.339 e. The minimum atomic E-state index is -0.385. The molecule has 1 aliphatic rings. The van der Waals surface area contributed by atoms with E-state index in [2.05, 4.69) is 15.2 Å². The molecule has 2 heterocycles. The Morgan fingerprint density at radius 2 is 1.85 bits per heavy atom. The molecule has 10 heteroatoms. The molecule has 3 rings (SSSR count). The van der Waals surface area contributed by atoms with Crippen LogP contribution >= 0.6 is 11.6 Å². The van der Waals surface area contributed by atoms with Gasteiger partial charge in [0.15, 0.2) is 0 Å². The largest absolute Gasteiger partial charge is 0.462 e. The zero-order valence-corrected chi connectivity index (χ0v) is 19.5. The van der Waals surface area contributed by atoms with E-state index in [1.807, 2.05) is 4.90 Å². The van der Waals surface area contributed by atoms with Gasteiger partial charge in [-0.1, -0.05) is 23.7 Å². The third kappa shape index (κ3) is 6.90. The van der Waals surface area contributed by atoms with Crippen LogP contribution < -0.4 is 10.2 Å². The number of piperazine rings is 1. The quantitative estimate of drug-likeness (QED) is 0.587. The Kier molecular flexibility index (Phi) is 8.62. The molecular formula is C23H28ClN5O4. The standard InChI is InChI=1S/C23H28ClN5O4/c1-3-33-23(32)17-8-9-20(25-14-17)29-12-10-28(11-13-29)16-22(31)27(2)15-21(30)26-19-7-5-4-6-18(19)24/h4-9,14H,3,10-13,15-16H2,1-2H3,(H,26,30). The number of nitrogens with zero attached hydrogens (tertiary/aromatic N) is 4. The number of amides is 2. The number of nitrogens with one attached hydrogen (secondary N) is 1. The number of likely N-dealkylation sites (N-methyl/N-ethyl adjacent to an activating group) is 1. The van der Waals surface area contributed by atoms with Crippen molar-refractivity contribution >= 4 is 40.9 Å². The number of carbonyl (C=O) groups excluding carboxylic acids is 3. The Balaban J connectivity index is 1.43. The monoisotopic (exact) mass is 473 g/mol.